The third kappa shape index (κ3) is 5.65. The molecule has 9 heteroatoms. The number of aromatic carboxylic acids is 1. The molecule has 0 aliphatic carbocycles. The molecule has 0 fully saturated rings. The average Bonchev–Trinajstić information content (AvgIpc) is 2.44. The minimum atomic E-state index is -1.11. The zero-order chi connectivity index (χ0) is 16.0. The van der Waals surface area contributed by atoms with Crippen LogP contribution < -0.4 is 0 Å². The molecule has 2 aromatic heterocycles. The summed E-state index contributed by atoms with van der Waals surface area (Å²) in [5.41, 5.74) is 0.563. The first-order chi connectivity index (χ1) is 9.85. The molecule has 112 valence electrons. The molecule has 2 heterocycles. The maximum absolute atomic E-state index is 10.4. The van der Waals surface area contributed by atoms with Crippen LogP contribution in [0.25, 0.3) is 0 Å². The van der Waals surface area contributed by atoms with Crippen LogP contribution in [0.3, 0.4) is 0 Å². The highest BCUT2D eigenvalue weighted by molar-refractivity contribution is 6.34. The normalized spacial score (nSPS) is 9.76. The zero-order valence-corrected chi connectivity index (χ0v) is 13.2. The molecule has 0 atom stereocenters. The van der Waals surface area contributed by atoms with E-state index in [4.69, 9.17) is 56.6 Å². The smallest absolute Gasteiger partial charge is 0.337 e. The lowest BCUT2D eigenvalue weighted by Crippen LogP contribution is -1.97. The van der Waals surface area contributed by atoms with Crippen molar-refractivity contribution >= 4 is 52.4 Å². The Morgan fingerprint density at radius 2 is 1.52 bits per heavy atom. The van der Waals surface area contributed by atoms with Crippen LogP contribution in [0, 0.1) is 0 Å². The van der Waals surface area contributed by atoms with Gasteiger partial charge in [-0.3, -0.25) is 0 Å². The first-order valence-electron chi connectivity index (χ1n) is 5.30. The van der Waals surface area contributed by atoms with Gasteiger partial charge >= 0.3 is 5.97 Å². The van der Waals surface area contributed by atoms with E-state index in [1.54, 1.807) is 0 Å². The van der Waals surface area contributed by atoms with E-state index in [1.807, 2.05) is 0 Å². The number of carbonyl (C=O) groups is 1. The van der Waals surface area contributed by atoms with Crippen LogP contribution in [-0.2, 0) is 6.61 Å². The van der Waals surface area contributed by atoms with E-state index in [1.165, 1.54) is 24.5 Å². The van der Waals surface area contributed by atoms with Crippen LogP contribution in [0.2, 0.25) is 20.4 Å². The predicted molar refractivity (Wildman–Crippen MR) is 81.4 cm³/mol. The molecule has 0 radical (unpaired) electrons. The van der Waals surface area contributed by atoms with Crippen molar-refractivity contribution in [3.8, 4) is 0 Å². The Morgan fingerprint density at radius 3 is 1.95 bits per heavy atom. The summed E-state index contributed by atoms with van der Waals surface area (Å²) >= 11 is 22.0. The second-order valence-electron chi connectivity index (χ2n) is 3.55. The molecule has 0 aromatic carbocycles. The van der Waals surface area contributed by atoms with Gasteiger partial charge in [0.25, 0.3) is 0 Å². The number of halogens is 4. The van der Waals surface area contributed by atoms with Gasteiger partial charge < -0.3 is 10.2 Å². The Hall–Kier alpha value is -1.11. The minimum Gasteiger partial charge on any atom is -0.478 e. The fraction of sp³-hybridized carbons (Fsp3) is 0.0833. The molecule has 5 nitrogen and oxygen atoms in total. The van der Waals surface area contributed by atoms with E-state index in [9.17, 15) is 4.79 Å². The molecule has 2 rings (SSSR count). The number of aromatic nitrogens is 2. The monoisotopic (exact) mass is 368 g/mol. The van der Waals surface area contributed by atoms with Gasteiger partial charge in [0.2, 0.25) is 0 Å². The van der Waals surface area contributed by atoms with Crippen molar-refractivity contribution in [2.75, 3.05) is 0 Å². The number of nitrogens with zero attached hydrogens (tertiary/aromatic N) is 2. The van der Waals surface area contributed by atoms with Crippen molar-refractivity contribution in [3.63, 3.8) is 0 Å². The maximum Gasteiger partial charge on any atom is 0.337 e. The van der Waals surface area contributed by atoms with Crippen molar-refractivity contribution in [1.29, 1.82) is 0 Å². The Kier molecular flexibility index (Phi) is 7.14. The van der Waals surface area contributed by atoms with Gasteiger partial charge in [0.1, 0.15) is 10.3 Å². The second kappa shape index (κ2) is 8.36. The fourth-order valence-corrected chi connectivity index (χ4v) is 1.84. The van der Waals surface area contributed by atoms with E-state index < -0.39 is 5.97 Å². The van der Waals surface area contributed by atoms with Gasteiger partial charge in [-0.1, -0.05) is 46.4 Å². The first kappa shape index (κ1) is 17.9. The van der Waals surface area contributed by atoms with Gasteiger partial charge in [-0.25, -0.2) is 14.8 Å². The number of carboxylic acid groups (broad SMARTS) is 1. The van der Waals surface area contributed by atoms with Crippen LogP contribution in [0.15, 0.2) is 24.5 Å². The highest BCUT2D eigenvalue weighted by Gasteiger charge is 2.08. The number of carboxylic acids is 1. The number of hydrogen-bond acceptors (Lipinski definition) is 4. The van der Waals surface area contributed by atoms with Crippen molar-refractivity contribution < 1.29 is 15.0 Å². The van der Waals surface area contributed by atoms with Crippen molar-refractivity contribution in [2.24, 2.45) is 0 Å². The highest BCUT2D eigenvalue weighted by atomic mass is 35.5. The SMILES string of the molecule is O=C(O)c1cc(Cl)ncc1Cl.OCc1cc(Cl)ncc1Cl. The molecule has 0 saturated heterocycles. The summed E-state index contributed by atoms with van der Waals surface area (Å²) in [5.74, 6) is -1.11. The predicted octanol–water partition coefficient (Wildman–Crippen LogP) is 3.97. The average molecular weight is 370 g/mol. The second-order valence-corrected chi connectivity index (χ2v) is 5.14. The molecule has 0 saturated carbocycles. The lowest BCUT2D eigenvalue weighted by Gasteiger charge is -1.97. The van der Waals surface area contributed by atoms with Crippen LogP contribution in [0.5, 0.6) is 0 Å². The molecule has 0 bridgehead atoms. The first-order valence-corrected chi connectivity index (χ1v) is 6.81. The van der Waals surface area contributed by atoms with E-state index in [0.717, 1.165) is 0 Å². The summed E-state index contributed by atoms with van der Waals surface area (Å²) in [6.07, 6.45) is 2.61. The summed E-state index contributed by atoms with van der Waals surface area (Å²) in [5, 5.41) is 18.2. The molecule has 0 aliphatic heterocycles. The quantitative estimate of drug-likeness (QED) is 0.782. The van der Waals surface area contributed by atoms with Crippen LogP contribution in [0.4, 0.5) is 0 Å². The molecular formula is C12H8Cl4N2O3. The summed E-state index contributed by atoms with van der Waals surface area (Å²) in [7, 11) is 0. The van der Waals surface area contributed by atoms with Crippen molar-refractivity contribution in [3.05, 3.63) is 56.0 Å². The molecule has 0 aliphatic rings. The molecule has 2 aromatic rings. The van der Waals surface area contributed by atoms with Gasteiger partial charge in [-0.2, -0.15) is 0 Å². The van der Waals surface area contributed by atoms with Crippen LogP contribution in [-0.4, -0.2) is 26.2 Å². The summed E-state index contributed by atoms with van der Waals surface area (Å²) in [6.45, 7) is -0.110. The fourth-order valence-electron chi connectivity index (χ4n) is 1.15. The summed E-state index contributed by atoms with van der Waals surface area (Å²) in [4.78, 5) is 17.7. The zero-order valence-electron chi connectivity index (χ0n) is 10.2. The summed E-state index contributed by atoms with van der Waals surface area (Å²) in [6, 6.07) is 2.73. The van der Waals surface area contributed by atoms with Crippen LogP contribution in [0.1, 0.15) is 15.9 Å². The van der Waals surface area contributed by atoms with Gasteiger partial charge in [0, 0.05) is 18.0 Å². The molecule has 0 spiro atoms. The van der Waals surface area contributed by atoms with Gasteiger partial charge in [0.05, 0.1) is 22.2 Å². The Bertz CT molecular complexity index is 652. The third-order valence-corrected chi connectivity index (χ3v) is 3.18. The number of pyridine rings is 2. The van der Waals surface area contributed by atoms with E-state index in [0.29, 0.717) is 15.7 Å². The van der Waals surface area contributed by atoms with E-state index in [2.05, 4.69) is 9.97 Å². The molecule has 0 amide bonds. The lowest BCUT2D eigenvalue weighted by atomic mass is 10.3. The lowest BCUT2D eigenvalue weighted by molar-refractivity contribution is 0.0697. The number of aliphatic hydroxyl groups excluding tert-OH is 1. The van der Waals surface area contributed by atoms with E-state index >= 15 is 0 Å². The van der Waals surface area contributed by atoms with Gasteiger partial charge in [-0.15, -0.1) is 0 Å². The molecule has 0 unspecified atom stereocenters. The topological polar surface area (TPSA) is 83.3 Å². The van der Waals surface area contributed by atoms with Crippen molar-refractivity contribution in [1.82, 2.24) is 9.97 Å². The minimum absolute atomic E-state index is 0.0355. The highest BCUT2D eigenvalue weighted by Crippen LogP contribution is 2.18. The van der Waals surface area contributed by atoms with Crippen LogP contribution >= 0.6 is 46.4 Å². The molecule has 21 heavy (non-hydrogen) atoms. The largest absolute Gasteiger partial charge is 0.478 e. The van der Waals surface area contributed by atoms with Gasteiger partial charge in [0.15, 0.2) is 0 Å². The number of aliphatic hydroxyl groups is 1. The standard InChI is InChI=1S/C6H3Cl2NO2.C6H5Cl2NO/c7-4-2-9-5(8)1-3(4)6(10)11;7-5-2-9-6(8)1-4(5)3-10/h1-2H,(H,10,11);1-2,10H,3H2. The molecule has 2 N–H and O–H groups in total. The van der Waals surface area contributed by atoms with Crippen molar-refractivity contribution in [2.45, 2.75) is 6.61 Å². The number of hydrogen-bond donors (Lipinski definition) is 2. The maximum atomic E-state index is 10.4. The van der Waals surface area contributed by atoms with Gasteiger partial charge in [-0.05, 0) is 12.1 Å². The number of rotatable bonds is 2. The Balaban J connectivity index is 0.000000211. The Morgan fingerprint density at radius 1 is 1.00 bits per heavy atom. The third-order valence-electron chi connectivity index (χ3n) is 2.12. The van der Waals surface area contributed by atoms with E-state index in [-0.39, 0.29) is 22.3 Å². The molecular weight excluding hydrogens is 362 g/mol. The summed E-state index contributed by atoms with van der Waals surface area (Å²) < 4.78 is 0. The Labute approximate surface area is 140 Å².